The van der Waals surface area contributed by atoms with Gasteiger partial charge in [0.15, 0.2) is 0 Å². The number of rotatable bonds is 4. The molecule has 0 aromatic heterocycles. The Labute approximate surface area is 114 Å². The zero-order chi connectivity index (χ0) is 12.9. The molecular formula is C16H20N2O. The monoisotopic (exact) mass is 256 g/mol. The summed E-state index contributed by atoms with van der Waals surface area (Å²) in [6, 6.07) is 8.48. The molecule has 0 bridgehead atoms. The van der Waals surface area contributed by atoms with Crippen LogP contribution in [-0.4, -0.2) is 19.0 Å². The van der Waals surface area contributed by atoms with Gasteiger partial charge in [0.2, 0.25) is 5.91 Å². The van der Waals surface area contributed by atoms with Gasteiger partial charge >= 0.3 is 0 Å². The number of anilines is 1. The van der Waals surface area contributed by atoms with Crippen LogP contribution in [0.4, 0.5) is 5.69 Å². The van der Waals surface area contributed by atoms with Gasteiger partial charge in [-0.1, -0.05) is 18.2 Å². The van der Waals surface area contributed by atoms with Crippen LogP contribution in [-0.2, 0) is 11.3 Å². The molecule has 1 N–H and O–H groups in total. The van der Waals surface area contributed by atoms with Crippen molar-refractivity contribution in [3.8, 4) is 0 Å². The van der Waals surface area contributed by atoms with Crippen molar-refractivity contribution in [2.75, 3.05) is 18.0 Å². The fourth-order valence-electron chi connectivity index (χ4n) is 3.35. The van der Waals surface area contributed by atoms with Gasteiger partial charge in [-0.3, -0.25) is 4.79 Å². The normalized spacial score (nSPS) is 30.9. The van der Waals surface area contributed by atoms with Crippen molar-refractivity contribution in [3.05, 3.63) is 29.8 Å². The van der Waals surface area contributed by atoms with Crippen LogP contribution in [0.1, 0.15) is 31.2 Å². The molecule has 1 aromatic carbocycles. The van der Waals surface area contributed by atoms with Crippen molar-refractivity contribution in [1.29, 1.82) is 0 Å². The summed E-state index contributed by atoms with van der Waals surface area (Å²) >= 11 is 0. The molecule has 0 spiro atoms. The Morgan fingerprint density at radius 1 is 1.26 bits per heavy atom. The van der Waals surface area contributed by atoms with Crippen molar-refractivity contribution >= 4 is 11.6 Å². The Hall–Kier alpha value is -1.51. The van der Waals surface area contributed by atoms with Crippen molar-refractivity contribution in [1.82, 2.24) is 5.32 Å². The molecule has 0 atom stereocenters. The number of hydrogen-bond acceptors (Lipinski definition) is 2. The molecule has 0 unspecified atom stereocenters. The molecule has 2 aliphatic carbocycles. The number of hydrogen-bond donors (Lipinski definition) is 1. The van der Waals surface area contributed by atoms with Gasteiger partial charge in [-0.25, -0.2) is 0 Å². The molecule has 3 aliphatic rings. The minimum absolute atomic E-state index is 0.0859. The number of fused-ring (bicyclic) bond motifs is 1. The molecule has 4 rings (SSSR count). The smallest absolute Gasteiger partial charge is 0.226 e. The first-order valence-electron chi connectivity index (χ1n) is 7.41. The van der Waals surface area contributed by atoms with Crippen LogP contribution in [0, 0.1) is 11.3 Å². The SMILES string of the molecule is O=C(NCc1ccccc1N1CCCC1)C12CC1C2. The molecule has 2 saturated carbocycles. The first-order chi connectivity index (χ1) is 9.29. The molecule has 3 fully saturated rings. The number of carbonyl (C=O) groups is 1. The van der Waals surface area contributed by atoms with E-state index in [9.17, 15) is 4.79 Å². The third kappa shape index (κ3) is 1.83. The lowest BCUT2D eigenvalue weighted by Gasteiger charge is -2.21. The molecule has 1 aliphatic heterocycles. The lowest BCUT2D eigenvalue weighted by molar-refractivity contribution is -0.124. The zero-order valence-corrected chi connectivity index (χ0v) is 11.2. The number of para-hydroxylation sites is 1. The van der Waals surface area contributed by atoms with Gasteiger partial charge in [0, 0.05) is 25.3 Å². The predicted molar refractivity (Wildman–Crippen MR) is 74.9 cm³/mol. The molecule has 1 amide bonds. The number of carbonyl (C=O) groups excluding carboxylic acids is 1. The van der Waals surface area contributed by atoms with Crippen LogP contribution in [0.25, 0.3) is 0 Å². The highest BCUT2D eigenvalue weighted by Gasteiger charge is 2.74. The van der Waals surface area contributed by atoms with Gasteiger partial charge < -0.3 is 10.2 Å². The fourth-order valence-corrected chi connectivity index (χ4v) is 3.35. The minimum atomic E-state index is 0.0859. The van der Waals surface area contributed by atoms with Gasteiger partial charge in [-0.2, -0.15) is 0 Å². The molecule has 3 heteroatoms. The Bertz CT molecular complexity index is 513. The molecule has 1 heterocycles. The number of nitrogens with zero attached hydrogens (tertiary/aromatic N) is 1. The van der Waals surface area contributed by atoms with Crippen LogP contribution in [0.3, 0.4) is 0 Å². The maximum absolute atomic E-state index is 12.0. The molecule has 100 valence electrons. The predicted octanol–water partition coefficient (Wildman–Crippen LogP) is 2.31. The molecule has 19 heavy (non-hydrogen) atoms. The maximum atomic E-state index is 12.0. The second kappa shape index (κ2) is 3.99. The summed E-state index contributed by atoms with van der Waals surface area (Å²) in [5.41, 5.74) is 2.65. The van der Waals surface area contributed by atoms with Crippen molar-refractivity contribution < 1.29 is 4.79 Å². The number of nitrogens with one attached hydrogen (secondary N) is 1. The summed E-state index contributed by atoms with van der Waals surface area (Å²) in [6.07, 6.45) is 4.83. The third-order valence-electron chi connectivity index (χ3n) is 5.01. The Morgan fingerprint density at radius 3 is 2.63 bits per heavy atom. The minimum Gasteiger partial charge on any atom is -0.371 e. The highest BCUT2D eigenvalue weighted by molar-refractivity contribution is 5.90. The molecule has 1 aromatic rings. The average molecular weight is 256 g/mol. The number of amides is 1. The standard InChI is InChI=1S/C16H20N2O/c19-15(16-9-13(16)10-16)17-11-12-5-1-2-6-14(12)18-7-3-4-8-18/h1-2,5-6,13H,3-4,7-11H2,(H,17,19). The molecular weight excluding hydrogens is 236 g/mol. The van der Waals surface area contributed by atoms with Crippen molar-refractivity contribution in [3.63, 3.8) is 0 Å². The van der Waals surface area contributed by atoms with Crippen molar-refractivity contribution in [2.45, 2.75) is 32.2 Å². The van der Waals surface area contributed by atoms with Gasteiger partial charge in [-0.15, -0.1) is 0 Å². The topological polar surface area (TPSA) is 32.3 Å². The van der Waals surface area contributed by atoms with Crippen LogP contribution < -0.4 is 10.2 Å². The quantitative estimate of drug-likeness (QED) is 0.896. The Kier molecular flexibility index (Phi) is 2.38. The van der Waals surface area contributed by atoms with Gasteiger partial charge in [0.1, 0.15) is 0 Å². The summed E-state index contributed by atoms with van der Waals surface area (Å²) < 4.78 is 0. The highest BCUT2D eigenvalue weighted by atomic mass is 16.2. The van der Waals surface area contributed by atoms with E-state index in [0.29, 0.717) is 6.54 Å². The Morgan fingerprint density at radius 2 is 1.95 bits per heavy atom. The average Bonchev–Trinajstić information content (AvgIpc) is 3.22. The van der Waals surface area contributed by atoms with E-state index < -0.39 is 0 Å². The zero-order valence-electron chi connectivity index (χ0n) is 11.2. The van der Waals surface area contributed by atoms with Crippen LogP contribution in [0.2, 0.25) is 0 Å². The van der Waals surface area contributed by atoms with Gasteiger partial charge in [-0.05, 0) is 43.2 Å². The largest absolute Gasteiger partial charge is 0.371 e. The van der Waals surface area contributed by atoms with E-state index >= 15 is 0 Å². The summed E-state index contributed by atoms with van der Waals surface area (Å²) in [7, 11) is 0. The first-order valence-corrected chi connectivity index (χ1v) is 7.41. The van der Waals surface area contributed by atoms with E-state index in [1.165, 1.54) is 24.1 Å². The number of benzene rings is 1. The van der Waals surface area contributed by atoms with E-state index in [4.69, 9.17) is 0 Å². The summed E-state index contributed by atoms with van der Waals surface area (Å²) in [4.78, 5) is 14.5. The molecule has 3 nitrogen and oxygen atoms in total. The van der Waals surface area contributed by atoms with Gasteiger partial charge in [0.25, 0.3) is 0 Å². The third-order valence-corrected chi connectivity index (χ3v) is 5.01. The maximum Gasteiger partial charge on any atom is 0.226 e. The molecule has 1 saturated heterocycles. The van der Waals surface area contributed by atoms with Crippen LogP contribution in [0.15, 0.2) is 24.3 Å². The van der Waals surface area contributed by atoms with Crippen LogP contribution in [0.5, 0.6) is 0 Å². The van der Waals surface area contributed by atoms with Gasteiger partial charge in [0.05, 0.1) is 5.41 Å². The summed E-state index contributed by atoms with van der Waals surface area (Å²) in [5.74, 6) is 1.01. The van der Waals surface area contributed by atoms with E-state index in [2.05, 4.69) is 34.5 Å². The van der Waals surface area contributed by atoms with Crippen LogP contribution >= 0.6 is 0 Å². The summed E-state index contributed by atoms with van der Waals surface area (Å²) in [6.45, 7) is 2.98. The molecule has 0 radical (unpaired) electrons. The van der Waals surface area contributed by atoms with E-state index in [0.717, 1.165) is 31.8 Å². The van der Waals surface area contributed by atoms with E-state index in [1.807, 2.05) is 0 Å². The highest BCUT2D eigenvalue weighted by Crippen LogP contribution is 2.75. The second-order valence-electron chi connectivity index (χ2n) is 6.27. The first kappa shape index (κ1) is 11.3. The second-order valence-corrected chi connectivity index (χ2v) is 6.27. The fraction of sp³-hybridized carbons (Fsp3) is 0.562. The summed E-state index contributed by atoms with van der Waals surface area (Å²) in [5, 5.41) is 3.14. The lowest BCUT2D eigenvalue weighted by atomic mass is 10.1. The Balaban J connectivity index is 1.46. The van der Waals surface area contributed by atoms with Crippen molar-refractivity contribution in [2.24, 2.45) is 11.3 Å². The van der Waals surface area contributed by atoms with E-state index in [1.54, 1.807) is 0 Å². The lowest BCUT2D eigenvalue weighted by Crippen LogP contribution is -2.28. The van der Waals surface area contributed by atoms with E-state index in [-0.39, 0.29) is 11.3 Å².